The van der Waals surface area contributed by atoms with E-state index in [9.17, 15) is 13.2 Å². The van der Waals surface area contributed by atoms with Crippen molar-refractivity contribution in [2.75, 3.05) is 46.1 Å². The molecule has 160 valence electrons. The van der Waals surface area contributed by atoms with Gasteiger partial charge in [-0.2, -0.15) is 0 Å². The van der Waals surface area contributed by atoms with Crippen LogP contribution >= 0.6 is 0 Å². The van der Waals surface area contributed by atoms with E-state index in [4.69, 9.17) is 10.5 Å². The first-order chi connectivity index (χ1) is 14.3. The zero-order chi connectivity index (χ0) is 21.7. The van der Waals surface area contributed by atoms with Gasteiger partial charge in [-0.15, -0.1) is 0 Å². The van der Waals surface area contributed by atoms with Gasteiger partial charge >= 0.3 is 0 Å². The standard InChI is InChI=1S/C19H24N6O4S/c1-24-8-10-25(11-9-24)30(27,28)15-5-3-14(4-6-15)16-13-22-18(20)17(23-16)19(26)21-7-12-29-2/h3-6,8,10,13H,7,9,11-12H2,1-2H3,(H2,20,22)(H,21,26). The smallest absolute Gasteiger partial charge is 0.273 e. The second kappa shape index (κ2) is 9.09. The number of ether oxygens (including phenoxy) is 1. The van der Waals surface area contributed by atoms with Gasteiger partial charge in [0.25, 0.3) is 15.9 Å². The van der Waals surface area contributed by atoms with Crippen LogP contribution < -0.4 is 11.1 Å². The molecule has 1 aliphatic heterocycles. The van der Waals surface area contributed by atoms with E-state index in [0.717, 1.165) is 0 Å². The average molecular weight is 433 g/mol. The number of aromatic nitrogens is 2. The van der Waals surface area contributed by atoms with Gasteiger partial charge in [0.05, 0.1) is 29.9 Å². The number of carbonyl (C=O) groups is 1. The third-order valence-electron chi connectivity index (χ3n) is 4.52. The highest BCUT2D eigenvalue weighted by molar-refractivity contribution is 7.89. The second-order valence-electron chi connectivity index (χ2n) is 6.66. The first-order valence-electron chi connectivity index (χ1n) is 9.23. The number of nitrogens with one attached hydrogen (secondary N) is 1. The predicted molar refractivity (Wildman–Crippen MR) is 112 cm³/mol. The van der Waals surface area contributed by atoms with Crippen LogP contribution in [0.4, 0.5) is 5.82 Å². The molecule has 1 amide bonds. The number of methoxy groups -OCH3 is 1. The molecule has 0 bridgehead atoms. The summed E-state index contributed by atoms with van der Waals surface area (Å²) >= 11 is 0. The number of hydrogen-bond acceptors (Lipinski definition) is 8. The number of sulfonamides is 1. The largest absolute Gasteiger partial charge is 0.383 e. The minimum Gasteiger partial charge on any atom is -0.383 e. The van der Waals surface area contributed by atoms with Crippen molar-refractivity contribution in [3.8, 4) is 11.3 Å². The summed E-state index contributed by atoms with van der Waals surface area (Å²) in [7, 11) is -0.221. The van der Waals surface area contributed by atoms with Gasteiger partial charge in [-0.25, -0.2) is 18.4 Å². The van der Waals surface area contributed by atoms with E-state index in [0.29, 0.717) is 37.5 Å². The zero-order valence-corrected chi connectivity index (χ0v) is 17.6. The van der Waals surface area contributed by atoms with Crippen LogP contribution in [0.15, 0.2) is 47.8 Å². The lowest BCUT2D eigenvalue weighted by molar-refractivity contribution is 0.0933. The molecule has 3 N–H and O–H groups in total. The van der Waals surface area contributed by atoms with Crippen molar-refractivity contribution in [3.63, 3.8) is 0 Å². The number of hydrogen-bond donors (Lipinski definition) is 2. The summed E-state index contributed by atoms with van der Waals surface area (Å²) in [6, 6.07) is 6.26. The van der Waals surface area contributed by atoms with Crippen LogP contribution in [0.25, 0.3) is 11.3 Å². The normalized spacial score (nSPS) is 14.1. The molecular formula is C19H24N6O4S. The molecular weight excluding hydrogens is 408 g/mol. The molecule has 0 saturated heterocycles. The van der Waals surface area contributed by atoms with Crippen LogP contribution in [0.3, 0.4) is 0 Å². The lowest BCUT2D eigenvalue weighted by Gasteiger charge is -2.28. The van der Waals surface area contributed by atoms with Crippen molar-refractivity contribution < 1.29 is 17.9 Å². The quantitative estimate of drug-likeness (QED) is 0.605. The van der Waals surface area contributed by atoms with Crippen LogP contribution in [-0.4, -0.2) is 73.9 Å². The lowest BCUT2D eigenvalue weighted by atomic mass is 10.1. The molecule has 2 heterocycles. The first kappa shape index (κ1) is 21.5. The third-order valence-corrected chi connectivity index (χ3v) is 6.31. The SMILES string of the molecule is COCCNC(=O)c1nc(-c2ccc(S(=O)(=O)N3C=CN(C)CC3)cc2)cnc1N. The van der Waals surface area contributed by atoms with Crippen LogP contribution in [-0.2, 0) is 14.8 Å². The monoisotopic (exact) mass is 432 g/mol. The molecule has 0 unspecified atom stereocenters. The Kier molecular flexibility index (Phi) is 6.53. The highest BCUT2D eigenvalue weighted by atomic mass is 32.2. The minimum absolute atomic E-state index is 0.00266. The van der Waals surface area contributed by atoms with E-state index in [1.165, 1.54) is 29.7 Å². The first-order valence-corrected chi connectivity index (χ1v) is 10.7. The number of anilines is 1. The topological polar surface area (TPSA) is 131 Å². The number of amides is 1. The van der Waals surface area contributed by atoms with Crippen molar-refractivity contribution in [3.05, 3.63) is 48.6 Å². The summed E-state index contributed by atoms with van der Waals surface area (Å²) in [6.45, 7) is 1.66. The fraction of sp³-hybridized carbons (Fsp3) is 0.316. The number of rotatable bonds is 7. The Labute approximate surface area is 175 Å². The Hall–Kier alpha value is -3.18. The molecule has 3 rings (SSSR count). The summed E-state index contributed by atoms with van der Waals surface area (Å²) in [5.41, 5.74) is 6.81. The summed E-state index contributed by atoms with van der Waals surface area (Å²) in [6.07, 6.45) is 4.71. The van der Waals surface area contributed by atoms with Crippen molar-refractivity contribution in [1.82, 2.24) is 24.5 Å². The van der Waals surface area contributed by atoms with Crippen LogP contribution in [0, 0.1) is 0 Å². The van der Waals surface area contributed by atoms with Gasteiger partial charge in [-0.05, 0) is 12.1 Å². The number of benzene rings is 1. The van der Waals surface area contributed by atoms with Crippen molar-refractivity contribution >= 4 is 21.7 Å². The molecule has 0 aliphatic carbocycles. The Morgan fingerprint density at radius 1 is 1.23 bits per heavy atom. The minimum atomic E-state index is -3.64. The zero-order valence-electron chi connectivity index (χ0n) is 16.8. The number of nitrogens with zero attached hydrogens (tertiary/aromatic N) is 4. The molecule has 0 radical (unpaired) electrons. The molecule has 10 nitrogen and oxygen atoms in total. The molecule has 1 aromatic heterocycles. The van der Waals surface area contributed by atoms with Gasteiger partial charge in [-0.3, -0.25) is 9.10 Å². The molecule has 11 heteroatoms. The van der Waals surface area contributed by atoms with E-state index >= 15 is 0 Å². The predicted octanol–water partition coefficient (Wildman–Crippen LogP) is 0.509. The summed E-state index contributed by atoms with van der Waals surface area (Å²) in [5, 5.41) is 2.65. The van der Waals surface area contributed by atoms with Crippen LogP contribution in [0.2, 0.25) is 0 Å². The van der Waals surface area contributed by atoms with Gasteiger partial charge in [0, 0.05) is 45.2 Å². The summed E-state index contributed by atoms with van der Waals surface area (Å²) in [5.74, 6) is -0.449. The molecule has 1 aliphatic rings. The molecule has 0 atom stereocenters. The second-order valence-corrected chi connectivity index (χ2v) is 8.55. The maximum Gasteiger partial charge on any atom is 0.273 e. The number of carbonyl (C=O) groups excluding carboxylic acids is 1. The van der Waals surface area contributed by atoms with E-state index in [1.54, 1.807) is 24.5 Å². The molecule has 30 heavy (non-hydrogen) atoms. The molecule has 0 saturated carbocycles. The van der Waals surface area contributed by atoms with Gasteiger partial charge in [0.15, 0.2) is 11.5 Å². The maximum absolute atomic E-state index is 12.8. The third kappa shape index (κ3) is 4.69. The number of nitrogens with two attached hydrogens (primary N) is 1. The van der Waals surface area contributed by atoms with E-state index in [-0.39, 0.29) is 16.4 Å². The van der Waals surface area contributed by atoms with E-state index < -0.39 is 15.9 Å². The fourth-order valence-electron chi connectivity index (χ4n) is 2.78. The number of likely N-dealkylation sites (N-methyl/N-ethyl adjacent to an activating group) is 1. The van der Waals surface area contributed by atoms with Gasteiger partial charge < -0.3 is 20.7 Å². The summed E-state index contributed by atoms with van der Waals surface area (Å²) < 4.78 is 31.8. The van der Waals surface area contributed by atoms with Crippen LogP contribution in [0.1, 0.15) is 10.5 Å². The Balaban J connectivity index is 1.82. The van der Waals surface area contributed by atoms with Crippen molar-refractivity contribution in [2.24, 2.45) is 0 Å². The highest BCUT2D eigenvalue weighted by Crippen LogP contribution is 2.23. The molecule has 0 fully saturated rings. The Bertz CT molecular complexity index is 1040. The fourth-order valence-corrected chi connectivity index (χ4v) is 4.07. The maximum atomic E-state index is 12.8. The molecule has 2 aromatic rings. The Morgan fingerprint density at radius 3 is 2.60 bits per heavy atom. The van der Waals surface area contributed by atoms with Crippen LogP contribution in [0.5, 0.6) is 0 Å². The highest BCUT2D eigenvalue weighted by Gasteiger charge is 2.23. The Morgan fingerprint density at radius 2 is 1.97 bits per heavy atom. The van der Waals surface area contributed by atoms with Gasteiger partial charge in [0.1, 0.15) is 0 Å². The van der Waals surface area contributed by atoms with Gasteiger partial charge in [0.2, 0.25) is 0 Å². The van der Waals surface area contributed by atoms with E-state index in [1.807, 2.05) is 11.9 Å². The molecule has 0 spiro atoms. The molecule has 1 aromatic carbocycles. The summed E-state index contributed by atoms with van der Waals surface area (Å²) in [4.78, 5) is 22.7. The van der Waals surface area contributed by atoms with Crippen molar-refractivity contribution in [2.45, 2.75) is 4.90 Å². The lowest BCUT2D eigenvalue weighted by Crippen LogP contribution is -2.36. The van der Waals surface area contributed by atoms with E-state index in [2.05, 4.69) is 15.3 Å². The number of nitrogen functional groups attached to an aromatic ring is 1. The van der Waals surface area contributed by atoms with Crippen molar-refractivity contribution in [1.29, 1.82) is 0 Å². The van der Waals surface area contributed by atoms with Gasteiger partial charge in [-0.1, -0.05) is 12.1 Å². The average Bonchev–Trinajstić information content (AvgIpc) is 2.74.